The molecular formula is C15H31NO3. The van der Waals surface area contributed by atoms with Crippen molar-refractivity contribution in [3.8, 4) is 0 Å². The maximum absolute atomic E-state index is 9.75. The Morgan fingerprint density at radius 3 is 2.53 bits per heavy atom. The number of nitrogens with one attached hydrogen (secondary N) is 1. The van der Waals surface area contributed by atoms with E-state index >= 15 is 0 Å². The Hall–Kier alpha value is -0.160. The minimum absolute atomic E-state index is 0.392. The summed E-state index contributed by atoms with van der Waals surface area (Å²) in [5, 5.41) is 13.1. The van der Waals surface area contributed by atoms with Crippen LogP contribution in [0.25, 0.3) is 0 Å². The van der Waals surface area contributed by atoms with Gasteiger partial charge in [-0.3, -0.25) is 0 Å². The summed E-state index contributed by atoms with van der Waals surface area (Å²) < 4.78 is 10.8. The van der Waals surface area contributed by atoms with E-state index in [2.05, 4.69) is 19.2 Å². The Morgan fingerprint density at radius 1 is 1.16 bits per heavy atom. The fraction of sp³-hybridized carbons (Fsp3) is 1.00. The normalized spacial score (nSPS) is 18.5. The average molecular weight is 273 g/mol. The van der Waals surface area contributed by atoms with Crippen molar-refractivity contribution in [2.45, 2.75) is 52.1 Å². The quantitative estimate of drug-likeness (QED) is 0.504. The van der Waals surface area contributed by atoms with Crippen LogP contribution in [0.1, 0.15) is 46.0 Å². The Kier molecular flexibility index (Phi) is 8.62. The molecule has 1 saturated carbocycles. The lowest BCUT2D eigenvalue weighted by molar-refractivity contribution is 0.00365. The van der Waals surface area contributed by atoms with Gasteiger partial charge in [-0.25, -0.2) is 0 Å². The summed E-state index contributed by atoms with van der Waals surface area (Å²) >= 11 is 0. The number of rotatable bonds is 13. The van der Waals surface area contributed by atoms with Crippen molar-refractivity contribution in [1.82, 2.24) is 5.32 Å². The lowest BCUT2D eigenvalue weighted by Gasteiger charge is -2.16. The fourth-order valence-corrected chi connectivity index (χ4v) is 2.08. The van der Waals surface area contributed by atoms with Gasteiger partial charge in [-0.2, -0.15) is 0 Å². The Labute approximate surface area is 117 Å². The average Bonchev–Trinajstić information content (AvgIpc) is 3.18. The molecule has 0 aliphatic heterocycles. The summed E-state index contributed by atoms with van der Waals surface area (Å²) in [6.07, 6.45) is 5.75. The topological polar surface area (TPSA) is 50.7 Å². The maximum atomic E-state index is 9.75. The molecule has 0 aromatic rings. The van der Waals surface area contributed by atoms with Gasteiger partial charge in [0.25, 0.3) is 0 Å². The highest BCUT2D eigenvalue weighted by Gasteiger charge is 2.39. The molecule has 0 saturated heterocycles. The van der Waals surface area contributed by atoms with Gasteiger partial charge in [0.05, 0.1) is 25.9 Å². The number of aliphatic hydroxyl groups excluding tert-OH is 1. The molecule has 1 aliphatic carbocycles. The molecule has 19 heavy (non-hydrogen) atoms. The van der Waals surface area contributed by atoms with E-state index in [1.807, 2.05) is 0 Å². The number of hydrogen-bond acceptors (Lipinski definition) is 4. The molecular weight excluding hydrogens is 242 g/mol. The van der Waals surface area contributed by atoms with Crippen molar-refractivity contribution < 1.29 is 14.6 Å². The highest BCUT2D eigenvalue weighted by Crippen LogP contribution is 2.47. The lowest BCUT2D eigenvalue weighted by Crippen LogP contribution is -2.34. The van der Waals surface area contributed by atoms with Crippen molar-refractivity contribution >= 4 is 0 Å². The SMILES string of the molecule is CCCCOCCOCC(O)CNCC1(CC)CC1. The van der Waals surface area contributed by atoms with Gasteiger partial charge in [-0.15, -0.1) is 0 Å². The standard InChI is InChI=1S/C15H31NO3/c1-3-5-8-18-9-10-19-12-14(17)11-16-13-15(4-2)6-7-15/h14,16-17H,3-13H2,1-2H3. The molecule has 114 valence electrons. The van der Waals surface area contributed by atoms with Crippen LogP contribution in [0.15, 0.2) is 0 Å². The van der Waals surface area contributed by atoms with Crippen molar-refractivity contribution in [3.63, 3.8) is 0 Å². The molecule has 1 aliphatic rings. The number of unbranched alkanes of at least 4 members (excludes halogenated alkanes) is 1. The van der Waals surface area contributed by atoms with Crippen LogP contribution in [0, 0.1) is 5.41 Å². The Balaban J connectivity index is 1.84. The number of hydrogen-bond donors (Lipinski definition) is 2. The van der Waals surface area contributed by atoms with E-state index in [0.29, 0.717) is 31.8 Å². The molecule has 0 heterocycles. The lowest BCUT2D eigenvalue weighted by atomic mass is 10.0. The van der Waals surface area contributed by atoms with Gasteiger partial charge < -0.3 is 19.9 Å². The van der Waals surface area contributed by atoms with Crippen LogP contribution in [-0.4, -0.2) is 50.7 Å². The van der Waals surface area contributed by atoms with Crippen molar-refractivity contribution in [1.29, 1.82) is 0 Å². The third-order valence-electron chi connectivity index (χ3n) is 3.91. The molecule has 0 amide bonds. The van der Waals surface area contributed by atoms with Gasteiger partial charge in [-0.05, 0) is 31.1 Å². The largest absolute Gasteiger partial charge is 0.389 e. The molecule has 4 nitrogen and oxygen atoms in total. The summed E-state index contributed by atoms with van der Waals surface area (Å²) in [6.45, 7) is 8.44. The molecule has 1 atom stereocenters. The van der Waals surface area contributed by atoms with Gasteiger partial charge in [0.15, 0.2) is 0 Å². The second-order valence-electron chi connectivity index (χ2n) is 5.68. The first-order valence-corrected chi connectivity index (χ1v) is 7.76. The molecule has 1 unspecified atom stereocenters. The summed E-state index contributed by atoms with van der Waals surface area (Å²) in [7, 11) is 0. The second-order valence-corrected chi connectivity index (χ2v) is 5.68. The third-order valence-corrected chi connectivity index (χ3v) is 3.91. The molecule has 0 bridgehead atoms. The van der Waals surface area contributed by atoms with E-state index in [1.54, 1.807) is 0 Å². The fourth-order valence-electron chi connectivity index (χ4n) is 2.08. The Morgan fingerprint density at radius 2 is 1.89 bits per heavy atom. The van der Waals surface area contributed by atoms with Crippen LogP contribution in [-0.2, 0) is 9.47 Å². The van der Waals surface area contributed by atoms with E-state index in [9.17, 15) is 5.11 Å². The molecule has 0 aromatic carbocycles. The smallest absolute Gasteiger partial charge is 0.0897 e. The van der Waals surface area contributed by atoms with E-state index in [-0.39, 0.29) is 0 Å². The van der Waals surface area contributed by atoms with Gasteiger partial charge in [0.2, 0.25) is 0 Å². The zero-order valence-corrected chi connectivity index (χ0v) is 12.6. The monoisotopic (exact) mass is 273 g/mol. The predicted molar refractivity (Wildman–Crippen MR) is 77.4 cm³/mol. The summed E-state index contributed by atoms with van der Waals surface area (Å²) in [5.74, 6) is 0. The summed E-state index contributed by atoms with van der Waals surface area (Å²) in [6, 6.07) is 0. The second kappa shape index (κ2) is 9.70. The summed E-state index contributed by atoms with van der Waals surface area (Å²) in [5.41, 5.74) is 0.535. The van der Waals surface area contributed by atoms with Crippen LogP contribution in [0.4, 0.5) is 0 Å². The van der Waals surface area contributed by atoms with E-state index in [1.165, 1.54) is 19.3 Å². The van der Waals surface area contributed by atoms with Crippen molar-refractivity contribution in [2.24, 2.45) is 5.41 Å². The minimum Gasteiger partial charge on any atom is -0.389 e. The first-order chi connectivity index (χ1) is 9.22. The highest BCUT2D eigenvalue weighted by atomic mass is 16.5. The van der Waals surface area contributed by atoms with Crippen LogP contribution in [0.5, 0.6) is 0 Å². The summed E-state index contributed by atoms with van der Waals surface area (Å²) in [4.78, 5) is 0. The molecule has 4 heteroatoms. The third kappa shape index (κ3) is 7.88. The van der Waals surface area contributed by atoms with Gasteiger partial charge in [0.1, 0.15) is 0 Å². The Bertz CT molecular complexity index is 219. The van der Waals surface area contributed by atoms with Crippen molar-refractivity contribution in [2.75, 3.05) is 39.5 Å². The predicted octanol–water partition coefficient (Wildman–Crippen LogP) is 1.96. The maximum Gasteiger partial charge on any atom is 0.0897 e. The van der Waals surface area contributed by atoms with E-state index < -0.39 is 6.10 Å². The van der Waals surface area contributed by atoms with Gasteiger partial charge >= 0.3 is 0 Å². The van der Waals surface area contributed by atoms with Crippen molar-refractivity contribution in [3.05, 3.63) is 0 Å². The first-order valence-electron chi connectivity index (χ1n) is 7.76. The first kappa shape index (κ1) is 16.9. The van der Waals surface area contributed by atoms with E-state index in [0.717, 1.165) is 26.0 Å². The zero-order chi connectivity index (χ0) is 14.0. The number of aliphatic hydroxyl groups is 1. The number of ether oxygens (including phenoxy) is 2. The van der Waals surface area contributed by atoms with Crippen LogP contribution >= 0.6 is 0 Å². The van der Waals surface area contributed by atoms with E-state index in [4.69, 9.17) is 9.47 Å². The highest BCUT2D eigenvalue weighted by molar-refractivity contribution is 4.93. The van der Waals surface area contributed by atoms with Crippen LogP contribution in [0.2, 0.25) is 0 Å². The van der Waals surface area contributed by atoms with Gasteiger partial charge in [0, 0.05) is 19.7 Å². The molecule has 0 radical (unpaired) electrons. The molecule has 1 rings (SSSR count). The molecule has 0 spiro atoms. The minimum atomic E-state index is -0.414. The zero-order valence-electron chi connectivity index (χ0n) is 12.6. The molecule has 0 aromatic heterocycles. The van der Waals surface area contributed by atoms with Crippen LogP contribution in [0.3, 0.4) is 0 Å². The van der Waals surface area contributed by atoms with Gasteiger partial charge in [-0.1, -0.05) is 20.3 Å². The molecule has 1 fully saturated rings. The molecule has 2 N–H and O–H groups in total. The van der Waals surface area contributed by atoms with Crippen LogP contribution < -0.4 is 5.32 Å².